The van der Waals surface area contributed by atoms with E-state index in [1.54, 1.807) is 17.3 Å². The second kappa shape index (κ2) is 5.49. The van der Waals surface area contributed by atoms with Crippen molar-refractivity contribution < 1.29 is 14.3 Å². The van der Waals surface area contributed by atoms with Crippen LogP contribution in [0.25, 0.3) is 0 Å². The molecule has 132 valence electrons. The van der Waals surface area contributed by atoms with Crippen molar-refractivity contribution in [3.8, 4) is 0 Å². The van der Waals surface area contributed by atoms with E-state index in [4.69, 9.17) is 4.74 Å². The van der Waals surface area contributed by atoms with Crippen molar-refractivity contribution in [1.29, 1.82) is 0 Å². The first kappa shape index (κ1) is 15.3. The van der Waals surface area contributed by atoms with Gasteiger partial charge >= 0.3 is 0 Å². The lowest BCUT2D eigenvalue weighted by Gasteiger charge is -2.38. The lowest BCUT2D eigenvalue weighted by atomic mass is 9.77. The third-order valence-electron chi connectivity index (χ3n) is 6.64. The lowest BCUT2D eigenvalue weighted by molar-refractivity contribution is -0.139. The number of hydrogen-bond acceptors (Lipinski definition) is 5. The molecule has 1 spiro atoms. The van der Waals surface area contributed by atoms with Gasteiger partial charge < -0.3 is 14.5 Å². The van der Waals surface area contributed by atoms with Gasteiger partial charge in [0.05, 0.1) is 36.7 Å². The van der Waals surface area contributed by atoms with Gasteiger partial charge in [-0.1, -0.05) is 0 Å². The maximum absolute atomic E-state index is 13.0. The van der Waals surface area contributed by atoms with E-state index in [0.717, 1.165) is 38.2 Å². The monoisotopic (exact) mass is 342 g/mol. The Morgan fingerprint density at radius 2 is 1.72 bits per heavy atom. The maximum atomic E-state index is 13.0. The maximum Gasteiger partial charge on any atom is 0.233 e. The largest absolute Gasteiger partial charge is 0.381 e. The smallest absolute Gasteiger partial charge is 0.233 e. The molecule has 4 heterocycles. The first-order chi connectivity index (χ1) is 12.2. The van der Waals surface area contributed by atoms with Crippen LogP contribution in [0.1, 0.15) is 19.3 Å². The number of aromatic nitrogens is 2. The Morgan fingerprint density at radius 3 is 2.40 bits per heavy atom. The molecule has 0 radical (unpaired) electrons. The quantitative estimate of drug-likeness (QED) is 0.791. The predicted octanol–water partition coefficient (Wildman–Crippen LogP) is 0.714. The molecule has 3 atom stereocenters. The Hall–Kier alpha value is -2.02. The minimum Gasteiger partial charge on any atom is -0.381 e. The van der Waals surface area contributed by atoms with E-state index in [-0.39, 0.29) is 23.1 Å². The fourth-order valence-electron chi connectivity index (χ4n) is 4.93. The number of ether oxygens (including phenoxy) is 1. The van der Waals surface area contributed by atoms with Gasteiger partial charge in [0, 0.05) is 25.6 Å². The molecule has 3 aliphatic heterocycles. The van der Waals surface area contributed by atoms with E-state index in [9.17, 15) is 9.59 Å². The molecule has 3 saturated heterocycles. The van der Waals surface area contributed by atoms with E-state index < -0.39 is 0 Å². The summed E-state index contributed by atoms with van der Waals surface area (Å²) in [6.45, 7) is 3.59. The minimum absolute atomic E-state index is 0.172. The lowest BCUT2D eigenvalue weighted by Crippen LogP contribution is -2.47. The van der Waals surface area contributed by atoms with Crippen LogP contribution in [-0.4, -0.2) is 59.5 Å². The zero-order valence-corrected chi connectivity index (χ0v) is 14.1. The van der Waals surface area contributed by atoms with Crippen LogP contribution >= 0.6 is 0 Å². The van der Waals surface area contributed by atoms with E-state index in [1.807, 2.05) is 4.90 Å². The summed E-state index contributed by atoms with van der Waals surface area (Å²) >= 11 is 0. The van der Waals surface area contributed by atoms with Gasteiger partial charge in [0.2, 0.25) is 11.8 Å². The van der Waals surface area contributed by atoms with E-state index in [0.29, 0.717) is 31.5 Å². The van der Waals surface area contributed by atoms with Crippen LogP contribution in [0.15, 0.2) is 18.7 Å². The van der Waals surface area contributed by atoms with Crippen LogP contribution < -0.4 is 4.90 Å². The molecule has 4 aliphatic rings. The highest BCUT2D eigenvalue weighted by Gasteiger charge is 2.59. The Labute approximate surface area is 146 Å². The molecule has 25 heavy (non-hydrogen) atoms. The fourth-order valence-corrected chi connectivity index (χ4v) is 4.93. The predicted molar refractivity (Wildman–Crippen MR) is 88.5 cm³/mol. The van der Waals surface area contributed by atoms with Gasteiger partial charge in [-0.2, -0.15) is 0 Å². The van der Waals surface area contributed by atoms with Crippen LogP contribution in [0.4, 0.5) is 5.69 Å². The average molecular weight is 342 g/mol. The van der Waals surface area contributed by atoms with Crippen molar-refractivity contribution in [3.05, 3.63) is 18.7 Å². The van der Waals surface area contributed by atoms with E-state index in [1.165, 1.54) is 6.33 Å². The van der Waals surface area contributed by atoms with Crippen LogP contribution in [0, 0.1) is 23.2 Å². The zero-order chi connectivity index (χ0) is 17.0. The van der Waals surface area contributed by atoms with Crippen LogP contribution in [0.5, 0.6) is 0 Å². The summed E-state index contributed by atoms with van der Waals surface area (Å²) in [5.41, 5.74) is 0.462. The van der Waals surface area contributed by atoms with Gasteiger partial charge in [-0.25, -0.2) is 9.97 Å². The number of likely N-dealkylation sites (tertiary alicyclic amines) is 1. The molecule has 0 bridgehead atoms. The van der Waals surface area contributed by atoms with E-state index in [2.05, 4.69) is 9.97 Å². The van der Waals surface area contributed by atoms with Crippen molar-refractivity contribution in [3.63, 3.8) is 0 Å². The molecule has 7 heteroatoms. The van der Waals surface area contributed by atoms with Crippen molar-refractivity contribution in [1.82, 2.24) is 14.9 Å². The molecule has 1 aliphatic carbocycles. The molecule has 1 aromatic rings. The van der Waals surface area contributed by atoms with Crippen molar-refractivity contribution in [2.75, 3.05) is 37.7 Å². The SMILES string of the molecule is O=C(C1[C@H]2COC[C@@H]12)N1CCC2(CC1)CCN(c1cncnc1)C2=O. The molecule has 7 nitrogen and oxygen atoms in total. The normalized spacial score (nSPS) is 33.0. The molecule has 1 aromatic heterocycles. The standard InChI is InChI=1S/C18H22N4O3/c23-16(15-13-9-25-10-14(13)15)21-4-1-18(2-5-21)3-6-22(17(18)24)12-7-19-11-20-8-12/h7-8,11,13-15H,1-6,9-10H2/t13-,14+,15?. The van der Waals surface area contributed by atoms with Gasteiger partial charge in [-0.05, 0) is 31.1 Å². The number of anilines is 1. The molecule has 2 amide bonds. The summed E-state index contributed by atoms with van der Waals surface area (Å²) in [5, 5.41) is 0. The Morgan fingerprint density at radius 1 is 1.08 bits per heavy atom. The first-order valence-corrected chi connectivity index (χ1v) is 9.13. The molecule has 4 fully saturated rings. The Bertz CT molecular complexity index is 692. The number of amides is 2. The molecule has 5 rings (SSSR count). The molecular formula is C18H22N4O3. The molecule has 0 aromatic carbocycles. The number of nitrogens with zero attached hydrogens (tertiary/aromatic N) is 4. The summed E-state index contributed by atoms with van der Waals surface area (Å²) in [5.74, 6) is 1.54. The molecule has 1 saturated carbocycles. The first-order valence-electron chi connectivity index (χ1n) is 9.13. The number of hydrogen-bond donors (Lipinski definition) is 0. The summed E-state index contributed by atoms with van der Waals surface area (Å²) in [6.07, 6.45) is 7.24. The molecule has 1 unspecified atom stereocenters. The fraction of sp³-hybridized carbons (Fsp3) is 0.667. The third-order valence-corrected chi connectivity index (χ3v) is 6.64. The van der Waals surface area contributed by atoms with Crippen molar-refractivity contribution in [2.24, 2.45) is 23.2 Å². The van der Waals surface area contributed by atoms with Gasteiger partial charge in [0.1, 0.15) is 6.33 Å². The van der Waals surface area contributed by atoms with Gasteiger partial charge in [0.25, 0.3) is 0 Å². The number of fused-ring (bicyclic) bond motifs is 1. The highest BCUT2D eigenvalue weighted by molar-refractivity contribution is 5.99. The topological polar surface area (TPSA) is 75.6 Å². The van der Waals surface area contributed by atoms with Crippen LogP contribution in [0.2, 0.25) is 0 Å². The molecule has 0 N–H and O–H groups in total. The molecular weight excluding hydrogens is 320 g/mol. The second-order valence-corrected chi connectivity index (χ2v) is 7.80. The highest BCUT2D eigenvalue weighted by Crippen LogP contribution is 2.52. The van der Waals surface area contributed by atoms with Gasteiger partial charge in [-0.3, -0.25) is 9.59 Å². The zero-order valence-electron chi connectivity index (χ0n) is 14.1. The second-order valence-electron chi connectivity index (χ2n) is 7.80. The number of carbonyl (C=O) groups excluding carboxylic acids is 2. The van der Waals surface area contributed by atoms with Gasteiger partial charge in [0.15, 0.2) is 0 Å². The Balaban J connectivity index is 1.24. The summed E-state index contributed by atoms with van der Waals surface area (Å²) in [4.78, 5) is 37.5. The number of piperidine rings is 1. The highest BCUT2D eigenvalue weighted by atomic mass is 16.5. The van der Waals surface area contributed by atoms with E-state index >= 15 is 0 Å². The summed E-state index contributed by atoms with van der Waals surface area (Å²) < 4.78 is 5.39. The van der Waals surface area contributed by atoms with Crippen LogP contribution in [-0.2, 0) is 14.3 Å². The minimum atomic E-state index is -0.310. The van der Waals surface area contributed by atoms with Gasteiger partial charge in [-0.15, -0.1) is 0 Å². The van der Waals surface area contributed by atoms with Crippen molar-refractivity contribution >= 4 is 17.5 Å². The Kier molecular flexibility index (Phi) is 3.35. The summed E-state index contributed by atoms with van der Waals surface area (Å²) in [6, 6.07) is 0. The third kappa shape index (κ3) is 2.28. The summed E-state index contributed by atoms with van der Waals surface area (Å²) in [7, 11) is 0. The number of carbonyl (C=O) groups is 2. The number of rotatable bonds is 2. The average Bonchev–Trinajstić information content (AvgIpc) is 2.97. The van der Waals surface area contributed by atoms with Crippen molar-refractivity contribution in [2.45, 2.75) is 19.3 Å². The van der Waals surface area contributed by atoms with Crippen LogP contribution in [0.3, 0.4) is 0 Å².